The van der Waals surface area contributed by atoms with Crippen molar-refractivity contribution in [2.75, 3.05) is 7.05 Å². The third-order valence-electron chi connectivity index (χ3n) is 2.33. The number of hydrogen-bond acceptors (Lipinski definition) is 2. The third-order valence-corrected chi connectivity index (χ3v) is 2.69. The van der Waals surface area contributed by atoms with Gasteiger partial charge in [-0.15, -0.1) is 0 Å². The fourth-order valence-corrected chi connectivity index (χ4v) is 1.68. The summed E-state index contributed by atoms with van der Waals surface area (Å²) >= 11 is 5.27. The quantitative estimate of drug-likeness (QED) is 0.521. The van der Waals surface area contributed by atoms with Gasteiger partial charge in [0, 0.05) is 12.6 Å². The number of nitrogens with one attached hydrogen (secondary N) is 1. The minimum absolute atomic E-state index is 0.0630. The second-order valence-corrected chi connectivity index (χ2v) is 5.71. The number of hydrazone groups is 1. The topological polar surface area (TPSA) is 27.6 Å². The van der Waals surface area contributed by atoms with Crippen molar-refractivity contribution < 1.29 is 0 Å². The Hall–Kier alpha value is -1.68. The van der Waals surface area contributed by atoms with E-state index < -0.39 is 0 Å². The second kappa shape index (κ2) is 6.48. The molecule has 1 aromatic rings. The Labute approximate surface area is 121 Å². The van der Waals surface area contributed by atoms with Crippen LogP contribution in [0.3, 0.4) is 0 Å². The summed E-state index contributed by atoms with van der Waals surface area (Å²) in [6, 6.07) is 7.99. The molecule has 0 aromatic heterocycles. The maximum absolute atomic E-state index is 5.27. The largest absolute Gasteiger partial charge is 0.357 e. The lowest BCUT2D eigenvalue weighted by Gasteiger charge is -2.25. The van der Waals surface area contributed by atoms with Crippen LogP contribution < -0.4 is 5.32 Å². The zero-order valence-electron chi connectivity index (χ0n) is 12.0. The molecular formula is C15H21N3S. The van der Waals surface area contributed by atoms with Crippen LogP contribution in [0.15, 0.2) is 35.9 Å². The van der Waals surface area contributed by atoms with Gasteiger partial charge in [0.15, 0.2) is 5.11 Å². The molecule has 0 radical (unpaired) electrons. The highest BCUT2D eigenvalue weighted by Gasteiger charge is 2.12. The Bertz CT molecular complexity index is 469. The van der Waals surface area contributed by atoms with Gasteiger partial charge in [-0.05, 0) is 44.1 Å². The number of benzene rings is 1. The minimum atomic E-state index is -0.0630. The zero-order chi connectivity index (χ0) is 14.5. The molecule has 4 heteroatoms. The number of hydrogen-bond donors (Lipinski definition) is 1. The first-order valence-corrected chi connectivity index (χ1v) is 6.55. The molecule has 0 aliphatic carbocycles. The van der Waals surface area contributed by atoms with Crippen molar-refractivity contribution in [2.24, 2.45) is 5.10 Å². The van der Waals surface area contributed by atoms with E-state index in [1.165, 1.54) is 0 Å². The Morgan fingerprint density at radius 3 is 2.26 bits per heavy atom. The van der Waals surface area contributed by atoms with Gasteiger partial charge in [-0.2, -0.15) is 5.10 Å². The highest BCUT2D eigenvalue weighted by molar-refractivity contribution is 7.80. The van der Waals surface area contributed by atoms with Gasteiger partial charge in [-0.25, -0.2) is 5.01 Å². The molecule has 0 spiro atoms. The van der Waals surface area contributed by atoms with E-state index in [4.69, 9.17) is 12.2 Å². The van der Waals surface area contributed by atoms with Gasteiger partial charge in [0.05, 0.1) is 6.21 Å². The average molecular weight is 275 g/mol. The van der Waals surface area contributed by atoms with Crippen LogP contribution in [0.2, 0.25) is 0 Å². The molecule has 0 saturated carbocycles. The summed E-state index contributed by atoms with van der Waals surface area (Å²) < 4.78 is 0. The van der Waals surface area contributed by atoms with Crippen LogP contribution in [-0.2, 0) is 0 Å². The summed E-state index contributed by atoms with van der Waals surface area (Å²) in [5.41, 5.74) is 2.05. The van der Waals surface area contributed by atoms with Gasteiger partial charge in [-0.1, -0.05) is 36.9 Å². The maximum atomic E-state index is 5.27. The maximum Gasteiger partial charge on any atom is 0.189 e. The molecule has 1 rings (SSSR count). The molecule has 0 atom stereocenters. The van der Waals surface area contributed by atoms with E-state index in [2.05, 4.69) is 37.8 Å². The van der Waals surface area contributed by atoms with Gasteiger partial charge >= 0.3 is 0 Å². The van der Waals surface area contributed by atoms with E-state index in [9.17, 15) is 0 Å². The first kappa shape index (κ1) is 15.4. The lowest BCUT2D eigenvalue weighted by molar-refractivity contribution is 0.455. The molecule has 0 bridgehead atoms. The van der Waals surface area contributed by atoms with Gasteiger partial charge < -0.3 is 5.32 Å². The Balaban J connectivity index is 2.64. The number of thiocarbonyl (C=S) groups is 1. The summed E-state index contributed by atoms with van der Waals surface area (Å²) in [7, 11) is 1.83. The summed E-state index contributed by atoms with van der Waals surface area (Å²) in [6.07, 6.45) is 3.60. The summed E-state index contributed by atoms with van der Waals surface area (Å²) in [6.45, 7) is 9.91. The van der Waals surface area contributed by atoms with Crippen LogP contribution in [0.25, 0.3) is 6.08 Å². The van der Waals surface area contributed by atoms with Crippen LogP contribution in [0.5, 0.6) is 0 Å². The fourth-order valence-electron chi connectivity index (χ4n) is 1.33. The van der Waals surface area contributed by atoms with Crippen LogP contribution in [0.4, 0.5) is 0 Å². The Morgan fingerprint density at radius 1 is 1.26 bits per heavy atom. The smallest absolute Gasteiger partial charge is 0.189 e. The average Bonchev–Trinajstić information content (AvgIpc) is 2.34. The lowest BCUT2D eigenvalue weighted by atomic mass is 10.1. The van der Waals surface area contributed by atoms with Crippen molar-refractivity contribution in [1.82, 2.24) is 10.3 Å². The Kier molecular flexibility index (Phi) is 5.24. The normalized spacial score (nSPS) is 11.4. The highest BCUT2D eigenvalue weighted by atomic mass is 32.1. The second-order valence-electron chi connectivity index (χ2n) is 5.32. The molecule has 0 heterocycles. The van der Waals surface area contributed by atoms with Crippen LogP contribution in [0.1, 0.15) is 31.9 Å². The van der Waals surface area contributed by atoms with Gasteiger partial charge in [0.1, 0.15) is 0 Å². The molecule has 1 aromatic carbocycles. The van der Waals surface area contributed by atoms with Gasteiger partial charge in [0.2, 0.25) is 0 Å². The molecule has 19 heavy (non-hydrogen) atoms. The Morgan fingerprint density at radius 2 is 1.79 bits per heavy atom. The molecule has 3 nitrogen and oxygen atoms in total. The summed E-state index contributed by atoms with van der Waals surface area (Å²) in [5.74, 6) is 0. The number of rotatable bonds is 3. The van der Waals surface area contributed by atoms with Gasteiger partial charge in [-0.3, -0.25) is 0 Å². The van der Waals surface area contributed by atoms with Crippen LogP contribution in [-0.4, -0.2) is 28.9 Å². The van der Waals surface area contributed by atoms with Crippen molar-refractivity contribution in [3.63, 3.8) is 0 Å². The predicted molar refractivity (Wildman–Crippen MR) is 87.4 cm³/mol. The monoisotopic (exact) mass is 275 g/mol. The van der Waals surface area contributed by atoms with E-state index >= 15 is 0 Å². The lowest BCUT2D eigenvalue weighted by Crippen LogP contribution is -2.45. The number of nitrogens with zero attached hydrogens (tertiary/aromatic N) is 2. The highest BCUT2D eigenvalue weighted by Crippen LogP contribution is 2.04. The van der Waals surface area contributed by atoms with Crippen molar-refractivity contribution in [3.05, 3.63) is 42.0 Å². The standard InChI is InChI=1S/C15H21N3S/c1-6-12-7-9-13(10-8-12)11-16-18(5)14(19)17-15(2,3)4/h6-11H,1H2,2-5H3,(H,17,19)/b16-11+. The third kappa shape index (κ3) is 5.66. The molecule has 0 saturated heterocycles. The fraction of sp³-hybridized carbons (Fsp3) is 0.333. The molecular weight excluding hydrogens is 254 g/mol. The molecule has 0 fully saturated rings. The molecule has 0 amide bonds. The summed E-state index contributed by atoms with van der Waals surface area (Å²) in [5, 5.41) is 9.77. The first-order valence-electron chi connectivity index (χ1n) is 6.14. The van der Waals surface area contributed by atoms with Gasteiger partial charge in [0.25, 0.3) is 0 Å². The SMILES string of the molecule is C=Cc1ccc(/C=N/N(C)C(=S)NC(C)(C)C)cc1. The zero-order valence-corrected chi connectivity index (χ0v) is 12.8. The molecule has 0 aliphatic heterocycles. The minimum Gasteiger partial charge on any atom is -0.357 e. The van der Waals surface area contributed by atoms with E-state index in [0.29, 0.717) is 5.11 Å². The molecule has 0 unspecified atom stereocenters. The summed E-state index contributed by atoms with van der Waals surface area (Å²) in [4.78, 5) is 0. The van der Waals surface area contributed by atoms with Crippen molar-refractivity contribution in [3.8, 4) is 0 Å². The van der Waals surface area contributed by atoms with E-state index in [-0.39, 0.29) is 5.54 Å². The van der Waals surface area contributed by atoms with Crippen LogP contribution in [0, 0.1) is 0 Å². The predicted octanol–water partition coefficient (Wildman–Crippen LogP) is 3.27. The van der Waals surface area contributed by atoms with E-state index in [0.717, 1.165) is 11.1 Å². The molecule has 0 aliphatic rings. The van der Waals surface area contributed by atoms with Crippen molar-refractivity contribution in [1.29, 1.82) is 0 Å². The van der Waals surface area contributed by atoms with Crippen LogP contribution >= 0.6 is 12.2 Å². The van der Waals surface area contributed by atoms with Crippen molar-refractivity contribution >= 4 is 29.6 Å². The molecule has 1 N–H and O–H groups in total. The molecule has 102 valence electrons. The van der Waals surface area contributed by atoms with E-state index in [1.54, 1.807) is 11.2 Å². The van der Waals surface area contributed by atoms with Crippen molar-refractivity contribution in [2.45, 2.75) is 26.3 Å². The van der Waals surface area contributed by atoms with E-state index in [1.807, 2.05) is 37.4 Å². The first-order chi connectivity index (χ1) is 8.81.